The summed E-state index contributed by atoms with van der Waals surface area (Å²) < 4.78 is 5.09. The summed E-state index contributed by atoms with van der Waals surface area (Å²) in [5.74, 6) is 0.0865. The Labute approximate surface area is 160 Å². The molecule has 0 spiro atoms. The molecular formula is C19H18N2O5S. The Hall–Kier alpha value is -2.84. The number of benzene rings is 2. The van der Waals surface area contributed by atoms with Crippen molar-refractivity contribution in [1.82, 2.24) is 5.06 Å². The van der Waals surface area contributed by atoms with Crippen LogP contribution in [0, 0.1) is 0 Å². The minimum atomic E-state index is -0.696. The van der Waals surface area contributed by atoms with Crippen molar-refractivity contribution in [3.63, 3.8) is 0 Å². The van der Waals surface area contributed by atoms with Crippen molar-refractivity contribution in [3.8, 4) is 5.75 Å². The van der Waals surface area contributed by atoms with Crippen molar-refractivity contribution in [2.75, 3.05) is 25.1 Å². The molecule has 1 unspecified atom stereocenters. The number of amides is 2. The molecule has 2 aromatic rings. The van der Waals surface area contributed by atoms with Crippen LogP contribution in [0.25, 0.3) is 0 Å². The van der Waals surface area contributed by atoms with Crippen LogP contribution < -0.4 is 9.64 Å². The molecule has 1 heterocycles. The van der Waals surface area contributed by atoms with Gasteiger partial charge in [-0.3, -0.25) is 19.6 Å². The van der Waals surface area contributed by atoms with Gasteiger partial charge in [0.15, 0.2) is 5.78 Å². The molecule has 1 atom stereocenters. The number of ketones is 1. The van der Waals surface area contributed by atoms with Crippen LogP contribution in [0.3, 0.4) is 0 Å². The lowest BCUT2D eigenvalue weighted by molar-refractivity contribution is -0.150. The Bertz CT molecular complexity index is 855. The Morgan fingerprint density at radius 3 is 2.63 bits per heavy atom. The maximum atomic E-state index is 12.9. The number of para-hydroxylation sites is 1. The highest BCUT2D eigenvalue weighted by atomic mass is 32.2. The highest BCUT2D eigenvalue weighted by Gasteiger charge is 2.35. The maximum Gasteiger partial charge on any atom is 0.242 e. The average Bonchev–Trinajstić information content (AvgIpc) is 2.70. The predicted octanol–water partition coefficient (Wildman–Crippen LogP) is 2.23. The molecule has 0 aromatic heterocycles. The third-order valence-corrected chi connectivity index (χ3v) is 5.39. The smallest absolute Gasteiger partial charge is 0.242 e. The predicted molar refractivity (Wildman–Crippen MR) is 100 cm³/mol. The summed E-state index contributed by atoms with van der Waals surface area (Å²) in [7, 11) is 1.54. The van der Waals surface area contributed by atoms with Crippen LogP contribution in [0.5, 0.6) is 5.75 Å². The Kier molecular flexibility index (Phi) is 5.78. The molecule has 1 N–H and O–H groups in total. The number of Topliss-reactive ketones (excluding diaryl/α,β-unsaturated/α-hetero) is 1. The number of rotatable bonds is 7. The third-order valence-electron chi connectivity index (χ3n) is 4.16. The molecule has 0 saturated heterocycles. The number of carbonyl (C=O) groups excluding carboxylic acids is 3. The van der Waals surface area contributed by atoms with Crippen LogP contribution in [0.1, 0.15) is 10.4 Å². The van der Waals surface area contributed by atoms with Gasteiger partial charge in [0.05, 0.1) is 25.9 Å². The summed E-state index contributed by atoms with van der Waals surface area (Å²) in [4.78, 5) is 38.5. The van der Waals surface area contributed by atoms with Gasteiger partial charge in [-0.1, -0.05) is 12.1 Å². The summed E-state index contributed by atoms with van der Waals surface area (Å²) >= 11 is 1.26. The minimum absolute atomic E-state index is 0.133. The van der Waals surface area contributed by atoms with E-state index in [1.165, 1.54) is 16.7 Å². The molecule has 0 bridgehead atoms. The van der Waals surface area contributed by atoms with Crippen molar-refractivity contribution in [2.24, 2.45) is 0 Å². The van der Waals surface area contributed by atoms with Crippen LogP contribution in [0.15, 0.2) is 53.4 Å². The number of carbonyl (C=O) groups is 3. The lowest BCUT2D eigenvalue weighted by Gasteiger charge is -2.33. The van der Waals surface area contributed by atoms with Crippen LogP contribution in [0.2, 0.25) is 0 Å². The van der Waals surface area contributed by atoms with E-state index < -0.39 is 5.25 Å². The van der Waals surface area contributed by atoms with Crippen LogP contribution in [-0.4, -0.2) is 53.8 Å². The second-order valence-corrected chi connectivity index (χ2v) is 7.12. The minimum Gasteiger partial charge on any atom is -0.497 e. The number of hydrogen-bond donors (Lipinski definition) is 1. The first-order valence-electron chi connectivity index (χ1n) is 8.18. The second kappa shape index (κ2) is 8.24. The van der Waals surface area contributed by atoms with Gasteiger partial charge in [0, 0.05) is 10.5 Å². The molecule has 2 amide bonds. The van der Waals surface area contributed by atoms with E-state index in [4.69, 9.17) is 4.74 Å². The van der Waals surface area contributed by atoms with Crippen molar-refractivity contribution in [2.45, 2.75) is 10.1 Å². The first kappa shape index (κ1) is 18.9. The monoisotopic (exact) mass is 386 g/mol. The van der Waals surface area contributed by atoms with Gasteiger partial charge in [-0.2, -0.15) is 0 Å². The highest BCUT2D eigenvalue weighted by molar-refractivity contribution is 8.01. The van der Waals surface area contributed by atoms with E-state index >= 15 is 0 Å². The molecule has 0 radical (unpaired) electrons. The van der Waals surface area contributed by atoms with Crippen molar-refractivity contribution >= 4 is 35.5 Å². The molecule has 27 heavy (non-hydrogen) atoms. The fourth-order valence-electron chi connectivity index (χ4n) is 2.78. The molecule has 3 rings (SSSR count). The Morgan fingerprint density at radius 1 is 1.26 bits per heavy atom. The summed E-state index contributed by atoms with van der Waals surface area (Å²) in [6, 6.07) is 13.9. The van der Waals surface area contributed by atoms with Gasteiger partial charge in [-0.25, -0.2) is 5.06 Å². The highest BCUT2D eigenvalue weighted by Crippen LogP contribution is 2.39. The fraction of sp³-hybridized carbons (Fsp3) is 0.211. The summed E-state index contributed by atoms with van der Waals surface area (Å²) in [5, 5.41) is 9.22. The van der Waals surface area contributed by atoms with E-state index in [2.05, 4.69) is 0 Å². The van der Waals surface area contributed by atoms with Gasteiger partial charge in [-0.15, -0.1) is 11.8 Å². The van der Waals surface area contributed by atoms with Crippen molar-refractivity contribution in [3.05, 3.63) is 54.1 Å². The van der Waals surface area contributed by atoms with E-state index in [1.54, 1.807) is 43.5 Å². The molecule has 0 saturated carbocycles. The lowest BCUT2D eigenvalue weighted by atomic mass is 10.1. The lowest BCUT2D eigenvalue weighted by Crippen LogP contribution is -2.47. The van der Waals surface area contributed by atoms with Crippen molar-refractivity contribution < 1.29 is 24.3 Å². The fourth-order valence-corrected chi connectivity index (χ4v) is 4.00. The maximum absolute atomic E-state index is 12.9. The molecule has 2 aromatic carbocycles. The van der Waals surface area contributed by atoms with Gasteiger partial charge in [0.25, 0.3) is 0 Å². The van der Waals surface area contributed by atoms with Gasteiger partial charge in [-0.05, 0) is 36.4 Å². The number of hydroxylamine groups is 2. The molecule has 1 aliphatic rings. The number of anilines is 1. The van der Waals surface area contributed by atoms with Crippen LogP contribution >= 0.6 is 11.8 Å². The molecule has 0 aliphatic carbocycles. The summed E-state index contributed by atoms with van der Waals surface area (Å²) in [6.45, 7) is -0.291. The summed E-state index contributed by atoms with van der Waals surface area (Å²) in [5.41, 5.74) is 1.11. The summed E-state index contributed by atoms with van der Waals surface area (Å²) in [6.07, 6.45) is 0.251. The van der Waals surface area contributed by atoms with Crippen LogP contribution in [-0.2, 0) is 9.59 Å². The normalized spacial score (nSPS) is 15.9. The third kappa shape index (κ3) is 4.12. The first-order valence-corrected chi connectivity index (χ1v) is 9.06. The number of fused-ring (bicyclic) bond motifs is 1. The zero-order valence-electron chi connectivity index (χ0n) is 14.6. The SMILES string of the molecule is COc1ccc(C(=O)CN2C(=O)C(CN(O)C=O)Sc3ccccc32)cc1. The van der Waals surface area contributed by atoms with E-state index in [0.29, 0.717) is 22.1 Å². The van der Waals surface area contributed by atoms with Gasteiger partial charge in [0.1, 0.15) is 11.0 Å². The quantitative estimate of drug-likeness (QED) is 0.340. The number of hydrogen-bond acceptors (Lipinski definition) is 6. The average molecular weight is 386 g/mol. The number of methoxy groups -OCH3 is 1. The van der Waals surface area contributed by atoms with Crippen molar-refractivity contribution in [1.29, 1.82) is 0 Å². The Morgan fingerprint density at radius 2 is 1.96 bits per heavy atom. The first-order chi connectivity index (χ1) is 13.0. The molecule has 1 aliphatic heterocycles. The molecule has 8 heteroatoms. The molecular weight excluding hydrogens is 368 g/mol. The van der Waals surface area contributed by atoms with Gasteiger partial charge >= 0.3 is 0 Å². The zero-order valence-corrected chi connectivity index (χ0v) is 15.4. The number of thioether (sulfide) groups is 1. The topological polar surface area (TPSA) is 87.2 Å². The van der Waals surface area contributed by atoms with E-state index in [1.807, 2.05) is 12.1 Å². The number of nitrogens with zero attached hydrogens (tertiary/aromatic N) is 2. The molecule has 7 nitrogen and oxygen atoms in total. The van der Waals surface area contributed by atoms with Gasteiger partial charge < -0.3 is 9.64 Å². The Balaban J connectivity index is 1.85. The standard InChI is InChI=1S/C19H18N2O5S/c1-26-14-8-6-13(7-9-14)16(23)10-21-15-4-2-3-5-17(15)27-18(19(21)24)11-20(25)12-22/h2-9,12,18,25H,10-11H2,1H3. The largest absolute Gasteiger partial charge is 0.497 e. The molecule has 0 fully saturated rings. The van der Waals surface area contributed by atoms with E-state index in [-0.39, 0.29) is 31.2 Å². The second-order valence-electron chi connectivity index (χ2n) is 5.88. The van der Waals surface area contributed by atoms with Crippen LogP contribution in [0.4, 0.5) is 5.69 Å². The van der Waals surface area contributed by atoms with Gasteiger partial charge in [0.2, 0.25) is 12.3 Å². The van der Waals surface area contributed by atoms with E-state index in [0.717, 1.165) is 4.90 Å². The number of ether oxygens (including phenoxy) is 1. The zero-order chi connectivity index (χ0) is 19.4. The van der Waals surface area contributed by atoms with E-state index in [9.17, 15) is 19.6 Å². The molecule has 140 valence electrons.